The molecule has 1 aliphatic heterocycles. The lowest BCUT2D eigenvalue weighted by molar-refractivity contribution is 0.0251. The van der Waals surface area contributed by atoms with E-state index in [1.165, 1.54) is 0 Å². The number of β-amino-alcohol motifs (C(OH)–C–C–N with tert-alkyl or cyclic N) is 1. The van der Waals surface area contributed by atoms with E-state index < -0.39 is 5.60 Å². The molecule has 2 N–H and O–H groups in total. The first-order valence-corrected chi connectivity index (χ1v) is 7.29. The van der Waals surface area contributed by atoms with Crippen molar-refractivity contribution in [2.75, 3.05) is 53.0 Å². The van der Waals surface area contributed by atoms with Crippen molar-refractivity contribution in [1.82, 2.24) is 15.1 Å². The average molecular weight is 289 g/mol. The average Bonchev–Trinajstić information content (AvgIpc) is 2.33. The number of rotatable bonds is 6. The molecule has 5 nitrogen and oxygen atoms in total. The van der Waals surface area contributed by atoms with Crippen LogP contribution in [0.25, 0.3) is 0 Å². The van der Waals surface area contributed by atoms with Gasteiger partial charge in [-0.2, -0.15) is 0 Å². The van der Waals surface area contributed by atoms with Crippen LogP contribution in [0.1, 0.15) is 20.3 Å². The van der Waals surface area contributed by atoms with Crippen LogP contribution in [0.15, 0.2) is 0 Å². The third kappa shape index (κ3) is 7.06. The van der Waals surface area contributed by atoms with Gasteiger partial charge in [0.1, 0.15) is 0 Å². The van der Waals surface area contributed by atoms with E-state index in [9.17, 15) is 5.11 Å². The lowest BCUT2D eigenvalue weighted by atomic mass is 10.1. The van der Waals surface area contributed by atoms with E-state index >= 15 is 0 Å². The fourth-order valence-electron chi connectivity index (χ4n) is 2.18. The highest BCUT2D eigenvalue weighted by molar-refractivity contribution is 7.80. The van der Waals surface area contributed by atoms with E-state index in [0.29, 0.717) is 0 Å². The van der Waals surface area contributed by atoms with Crippen LogP contribution in [0.4, 0.5) is 0 Å². The Labute approximate surface area is 121 Å². The molecule has 0 bridgehead atoms. The molecule has 0 radical (unpaired) electrons. The molecule has 0 aliphatic carbocycles. The molecule has 0 saturated carbocycles. The van der Waals surface area contributed by atoms with Crippen LogP contribution in [-0.4, -0.2) is 78.6 Å². The van der Waals surface area contributed by atoms with Crippen molar-refractivity contribution in [2.45, 2.75) is 25.9 Å². The summed E-state index contributed by atoms with van der Waals surface area (Å²) in [5.74, 6) is 0. The molecule has 1 heterocycles. The van der Waals surface area contributed by atoms with Crippen molar-refractivity contribution in [3.8, 4) is 0 Å². The summed E-state index contributed by atoms with van der Waals surface area (Å²) in [6.45, 7) is 9.77. The monoisotopic (exact) mass is 289 g/mol. The number of hydrogen-bond donors (Lipinski definition) is 2. The molecule has 0 unspecified atom stereocenters. The summed E-state index contributed by atoms with van der Waals surface area (Å²) in [6, 6.07) is 0. The van der Waals surface area contributed by atoms with Crippen LogP contribution < -0.4 is 5.32 Å². The van der Waals surface area contributed by atoms with Gasteiger partial charge in [-0.3, -0.25) is 4.90 Å². The Morgan fingerprint density at radius 3 is 2.47 bits per heavy atom. The van der Waals surface area contributed by atoms with Gasteiger partial charge in [-0.25, -0.2) is 0 Å². The summed E-state index contributed by atoms with van der Waals surface area (Å²) in [5.41, 5.74) is -0.624. The quantitative estimate of drug-likeness (QED) is 0.541. The molecule has 1 saturated heterocycles. The number of methoxy groups -OCH3 is 1. The Balaban J connectivity index is 2.20. The van der Waals surface area contributed by atoms with Gasteiger partial charge in [0.05, 0.1) is 5.60 Å². The van der Waals surface area contributed by atoms with E-state index in [2.05, 4.69) is 15.1 Å². The van der Waals surface area contributed by atoms with Gasteiger partial charge in [-0.1, -0.05) is 0 Å². The molecule has 112 valence electrons. The number of nitrogens with one attached hydrogen (secondary N) is 1. The normalized spacial score (nSPS) is 17.6. The third-order valence-electron chi connectivity index (χ3n) is 3.07. The predicted molar refractivity (Wildman–Crippen MR) is 81.4 cm³/mol. The third-order valence-corrected chi connectivity index (χ3v) is 3.47. The Morgan fingerprint density at radius 2 is 1.95 bits per heavy atom. The molecule has 1 fully saturated rings. The summed E-state index contributed by atoms with van der Waals surface area (Å²) in [6.07, 6.45) is 0.968. The Hall–Kier alpha value is -0.430. The van der Waals surface area contributed by atoms with Crippen LogP contribution in [-0.2, 0) is 4.74 Å². The van der Waals surface area contributed by atoms with Crippen LogP contribution in [0.3, 0.4) is 0 Å². The van der Waals surface area contributed by atoms with Gasteiger partial charge in [0.25, 0.3) is 0 Å². The highest BCUT2D eigenvalue weighted by Gasteiger charge is 2.23. The van der Waals surface area contributed by atoms with Crippen LogP contribution in [0, 0.1) is 0 Å². The van der Waals surface area contributed by atoms with E-state index in [4.69, 9.17) is 17.0 Å². The summed E-state index contributed by atoms with van der Waals surface area (Å²) in [4.78, 5) is 4.48. The molecule has 1 aliphatic rings. The molecule has 0 amide bonds. The maximum Gasteiger partial charge on any atom is 0.169 e. The van der Waals surface area contributed by atoms with E-state index in [1.807, 2.05) is 13.8 Å². The minimum atomic E-state index is -0.624. The second kappa shape index (κ2) is 7.99. The molecule has 0 aromatic rings. The number of nitrogens with zero attached hydrogens (tertiary/aromatic N) is 2. The van der Waals surface area contributed by atoms with Crippen LogP contribution >= 0.6 is 12.2 Å². The molecule has 0 aromatic carbocycles. The minimum Gasteiger partial charge on any atom is -0.389 e. The number of hydrogen-bond acceptors (Lipinski definition) is 4. The Kier molecular flexibility index (Phi) is 6.99. The van der Waals surface area contributed by atoms with Crippen molar-refractivity contribution >= 4 is 17.3 Å². The summed E-state index contributed by atoms with van der Waals surface area (Å²) in [5, 5.41) is 13.9. The summed E-state index contributed by atoms with van der Waals surface area (Å²) in [7, 11) is 1.71. The number of aliphatic hydroxyl groups is 1. The van der Waals surface area contributed by atoms with Gasteiger partial charge < -0.3 is 20.1 Å². The Bertz CT molecular complexity index is 274. The molecule has 19 heavy (non-hydrogen) atoms. The SMILES string of the molecule is COCCCNC(=S)N1CCN(CC(C)(C)O)CC1. The predicted octanol–water partition coefficient (Wildman–Crippen LogP) is 0.286. The first kappa shape index (κ1) is 16.6. The lowest BCUT2D eigenvalue weighted by Crippen LogP contribution is -2.54. The molecule has 0 atom stereocenters. The lowest BCUT2D eigenvalue weighted by Gasteiger charge is -2.38. The Morgan fingerprint density at radius 1 is 1.32 bits per heavy atom. The molecule has 0 aromatic heterocycles. The highest BCUT2D eigenvalue weighted by atomic mass is 32.1. The topological polar surface area (TPSA) is 48.0 Å². The van der Waals surface area contributed by atoms with Crippen molar-refractivity contribution < 1.29 is 9.84 Å². The zero-order chi connectivity index (χ0) is 14.3. The van der Waals surface area contributed by atoms with Gasteiger partial charge in [-0.15, -0.1) is 0 Å². The maximum absolute atomic E-state index is 9.81. The van der Waals surface area contributed by atoms with E-state index in [1.54, 1.807) is 7.11 Å². The number of ether oxygens (including phenoxy) is 1. The van der Waals surface area contributed by atoms with E-state index in [0.717, 1.165) is 57.4 Å². The smallest absolute Gasteiger partial charge is 0.169 e. The minimum absolute atomic E-state index is 0.624. The summed E-state index contributed by atoms with van der Waals surface area (Å²) < 4.78 is 5.00. The van der Waals surface area contributed by atoms with Crippen molar-refractivity contribution in [3.63, 3.8) is 0 Å². The zero-order valence-electron chi connectivity index (χ0n) is 12.3. The molecular formula is C13H27N3O2S. The van der Waals surface area contributed by atoms with Crippen LogP contribution in [0.2, 0.25) is 0 Å². The highest BCUT2D eigenvalue weighted by Crippen LogP contribution is 2.08. The number of piperazine rings is 1. The first-order valence-electron chi connectivity index (χ1n) is 6.89. The maximum atomic E-state index is 9.81. The zero-order valence-corrected chi connectivity index (χ0v) is 13.1. The van der Waals surface area contributed by atoms with Gasteiger partial charge >= 0.3 is 0 Å². The molecule has 1 rings (SSSR count). The van der Waals surface area contributed by atoms with Gasteiger partial charge in [-0.05, 0) is 32.5 Å². The largest absolute Gasteiger partial charge is 0.389 e. The molecule has 0 spiro atoms. The first-order chi connectivity index (χ1) is 8.92. The van der Waals surface area contributed by atoms with Crippen molar-refractivity contribution in [3.05, 3.63) is 0 Å². The van der Waals surface area contributed by atoms with Gasteiger partial charge in [0.15, 0.2) is 5.11 Å². The summed E-state index contributed by atoms with van der Waals surface area (Å²) >= 11 is 5.38. The fourth-order valence-corrected chi connectivity index (χ4v) is 2.46. The van der Waals surface area contributed by atoms with Crippen LogP contribution in [0.5, 0.6) is 0 Å². The molecular weight excluding hydrogens is 262 g/mol. The number of thiocarbonyl (C=S) groups is 1. The van der Waals surface area contributed by atoms with E-state index in [-0.39, 0.29) is 0 Å². The standard InChI is InChI=1S/C13H27N3O2S/c1-13(2,17)11-15-6-8-16(9-7-15)12(19)14-5-4-10-18-3/h17H,4-11H2,1-3H3,(H,14,19). The van der Waals surface area contributed by atoms with Gasteiger partial charge in [0, 0.05) is 53.0 Å². The fraction of sp³-hybridized carbons (Fsp3) is 0.923. The van der Waals surface area contributed by atoms with Gasteiger partial charge in [0.2, 0.25) is 0 Å². The van der Waals surface area contributed by atoms with Crippen molar-refractivity contribution in [2.24, 2.45) is 0 Å². The molecule has 6 heteroatoms. The second-order valence-corrected chi connectivity index (χ2v) is 6.04. The second-order valence-electron chi connectivity index (χ2n) is 5.65. The van der Waals surface area contributed by atoms with Crippen molar-refractivity contribution in [1.29, 1.82) is 0 Å².